The van der Waals surface area contributed by atoms with Crippen molar-refractivity contribution in [2.75, 3.05) is 26.2 Å². The third-order valence-corrected chi connectivity index (χ3v) is 13.9. The monoisotopic (exact) mass is 690 g/mol. The van der Waals surface area contributed by atoms with Gasteiger partial charge in [0.25, 0.3) is 0 Å². The van der Waals surface area contributed by atoms with Crippen LogP contribution in [0.15, 0.2) is 23.3 Å². The number of carbonyl (C=O) groups is 4. The topological polar surface area (TPSA) is 99.7 Å². The molecule has 4 saturated heterocycles. The predicted molar refractivity (Wildman–Crippen MR) is 188 cm³/mol. The molecule has 6 fully saturated rings. The van der Waals surface area contributed by atoms with Crippen LogP contribution in [0.2, 0.25) is 0 Å². The quantitative estimate of drug-likeness (QED) is 0.196. The number of carbonyl (C=O) groups excluding carboxylic acids is 4. The Hall–Kier alpha value is -2.72. The number of amides is 2. The van der Waals surface area contributed by atoms with Gasteiger partial charge in [-0.25, -0.2) is 9.59 Å². The van der Waals surface area contributed by atoms with E-state index in [9.17, 15) is 19.2 Å². The van der Waals surface area contributed by atoms with Gasteiger partial charge in [-0.05, 0) is 88.4 Å². The molecule has 0 aromatic carbocycles. The van der Waals surface area contributed by atoms with E-state index < -0.39 is 11.2 Å². The summed E-state index contributed by atoms with van der Waals surface area (Å²) < 4.78 is 12.1. The average Bonchev–Trinajstić information content (AvgIpc) is 3.81. The summed E-state index contributed by atoms with van der Waals surface area (Å²) in [6.07, 6.45) is 19.8. The second-order valence-corrected chi connectivity index (χ2v) is 16.6. The summed E-state index contributed by atoms with van der Waals surface area (Å²) in [4.78, 5) is 62.2. The van der Waals surface area contributed by atoms with E-state index in [4.69, 9.17) is 9.47 Å². The van der Waals surface area contributed by atoms with Gasteiger partial charge in [0.05, 0.1) is 24.2 Å². The first-order valence-electron chi connectivity index (χ1n) is 20.3. The number of ether oxygens (including phenoxy) is 2. The Labute approximate surface area is 297 Å². The second kappa shape index (κ2) is 13.7. The van der Waals surface area contributed by atoms with Crippen molar-refractivity contribution in [2.24, 2.45) is 0 Å². The molecular formula is C40H58N4O6. The van der Waals surface area contributed by atoms with E-state index in [1.165, 1.54) is 12.8 Å². The number of piperidine rings is 2. The highest BCUT2D eigenvalue weighted by Gasteiger charge is 2.66. The molecule has 50 heavy (non-hydrogen) atoms. The molecule has 0 N–H and O–H groups in total. The Bertz CT molecular complexity index is 1340. The van der Waals surface area contributed by atoms with Crippen LogP contribution in [0.4, 0.5) is 0 Å². The molecule has 6 aliphatic heterocycles. The highest BCUT2D eigenvalue weighted by Crippen LogP contribution is 2.56. The Morgan fingerprint density at radius 2 is 1.14 bits per heavy atom. The number of esters is 2. The zero-order valence-electron chi connectivity index (χ0n) is 30.4. The van der Waals surface area contributed by atoms with E-state index in [1.807, 2.05) is 0 Å². The van der Waals surface area contributed by atoms with Gasteiger partial charge in [-0.3, -0.25) is 19.4 Å². The molecule has 4 bridgehead atoms. The lowest BCUT2D eigenvalue weighted by molar-refractivity contribution is -0.150. The standard InChI is InChI=1S/C40H58N4O6/c1-3-17-43(29-21-27-23-37(47)49-39(27)25-31(29)41-19-11-9-13-33(39)41)35(45)15-7-5-6-8-16-36(46)44(18-4-2)30-22-28-24-38(48)50-40(28)26-32(30)42-20-12-10-14-34(40)42/h23-24,29-34H,3-22,25-26H2,1-2H3/t29-,30-,31+,32+,33-,34-,39+,40+/m0/s1. The van der Waals surface area contributed by atoms with Crippen LogP contribution in [0.3, 0.4) is 0 Å². The number of rotatable bonds is 13. The molecule has 0 radical (unpaired) electrons. The number of nitrogens with zero attached hydrogens (tertiary/aromatic N) is 4. The Morgan fingerprint density at radius 1 is 0.700 bits per heavy atom. The molecule has 274 valence electrons. The lowest BCUT2D eigenvalue weighted by atomic mass is 9.75. The smallest absolute Gasteiger partial charge is 0.331 e. The molecule has 2 spiro atoms. The van der Waals surface area contributed by atoms with Gasteiger partial charge < -0.3 is 19.3 Å². The van der Waals surface area contributed by atoms with Crippen molar-refractivity contribution in [3.8, 4) is 0 Å². The summed E-state index contributed by atoms with van der Waals surface area (Å²) >= 11 is 0. The SMILES string of the molecule is CCCN(C(=O)CCCCCCC(=O)N(CCC)[C@H]1CC2=CC(=O)O[C@]23C[C@H]1N1CCCC[C@H]13)[C@H]1CC2=CC(=O)O[C@]23C[C@H]1N1CCCC[C@H]13. The van der Waals surface area contributed by atoms with Crippen LogP contribution in [0, 0.1) is 0 Å². The van der Waals surface area contributed by atoms with Gasteiger partial charge in [-0.15, -0.1) is 0 Å². The minimum atomic E-state index is -0.459. The molecule has 10 nitrogen and oxygen atoms in total. The van der Waals surface area contributed by atoms with Crippen LogP contribution in [0.5, 0.6) is 0 Å². The lowest BCUT2D eigenvalue weighted by Crippen LogP contribution is -2.54. The molecule has 0 aromatic heterocycles. The fraction of sp³-hybridized carbons (Fsp3) is 0.800. The first-order chi connectivity index (χ1) is 24.3. The zero-order valence-corrected chi connectivity index (χ0v) is 30.4. The molecule has 8 rings (SSSR count). The fourth-order valence-corrected chi connectivity index (χ4v) is 12.0. The van der Waals surface area contributed by atoms with E-state index in [0.29, 0.717) is 12.8 Å². The van der Waals surface area contributed by atoms with Crippen molar-refractivity contribution in [3.63, 3.8) is 0 Å². The van der Waals surface area contributed by atoms with E-state index in [1.54, 1.807) is 12.2 Å². The third-order valence-electron chi connectivity index (χ3n) is 13.9. The van der Waals surface area contributed by atoms with E-state index in [2.05, 4.69) is 33.4 Å². The number of unbranched alkanes of at least 4 members (excludes halogenated alkanes) is 3. The van der Waals surface area contributed by atoms with Crippen molar-refractivity contribution in [1.29, 1.82) is 0 Å². The third kappa shape index (κ3) is 5.57. The van der Waals surface area contributed by atoms with Gasteiger partial charge in [0, 0.05) is 63.0 Å². The summed E-state index contributed by atoms with van der Waals surface area (Å²) in [5.74, 6) is 0.0448. The number of hydrogen-bond donors (Lipinski definition) is 0. The summed E-state index contributed by atoms with van der Waals surface area (Å²) in [6, 6.07) is 1.19. The largest absolute Gasteiger partial charge is 0.450 e. The Balaban J connectivity index is 0.850. The maximum Gasteiger partial charge on any atom is 0.331 e. The molecular weight excluding hydrogens is 632 g/mol. The second-order valence-electron chi connectivity index (χ2n) is 16.6. The van der Waals surface area contributed by atoms with E-state index in [0.717, 1.165) is 127 Å². The maximum absolute atomic E-state index is 13.9. The molecule has 2 saturated carbocycles. The summed E-state index contributed by atoms with van der Waals surface area (Å²) in [6.45, 7) is 7.82. The maximum atomic E-state index is 13.9. The first-order valence-corrected chi connectivity index (χ1v) is 20.3. The van der Waals surface area contributed by atoms with Crippen molar-refractivity contribution >= 4 is 23.8 Å². The molecule has 10 heteroatoms. The van der Waals surface area contributed by atoms with Crippen LogP contribution in [-0.2, 0) is 28.7 Å². The minimum Gasteiger partial charge on any atom is -0.450 e. The predicted octanol–water partition coefficient (Wildman–Crippen LogP) is 5.05. The van der Waals surface area contributed by atoms with Crippen LogP contribution >= 0.6 is 0 Å². The number of hydrogen-bond acceptors (Lipinski definition) is 8. The Morgan fingerprint density at radius 3 is 1.56 bits per heavy atom. The van der Waals surface area contributed by atoms with Crippen molar-refractivity contribution in [3.05, 3.63) is 23.3 Å². The molecule has 2 aliphatic carbocycles. The van der Waals surface area contributed by atoms with Crippen LogP contribution in [0.25, 0.3) is 0 Å². The molecule has 8 atom stereocenters. The summed E-state index contributed by atoms with van der Waals surface area (Å²) in [5.41, 5.74) is 1.32. The van der Waals surface area contributed by atoms with Gasteiger partial charge in [0.1, 0.15) is 0 Å². The normalized spacial score (nSPS) is 36.8. The lowest BCUT2D eigenvalue weighted by Gasteiger charge is -2.42. The van der Waals surface area contributed by atoms with Gasteiger partial charge in [-0.2, -0.15) is 0 Å². The van der Waals surface area contributed by atoms with Gasteiger partial charge in [0.2, 0.25) is 11.8 Å². The van der Waals surface area contributed by atoms with Crippen molar-refractivity contribution in [2.45, 2.75) is 177 Å². The molecule has 8 aliphatic rings. The Kier molecular flexibility index (Phi) is 9.40. The fourth-order valence-electron chi connectivity index (χ4n) is 12.0. The van der Waals surface area contributed by atoms with Gasteiger partial charge in [-0.1, -0.05) is 39.5 Å². The highest BCUT2D eigenvalue weighted by atomic mass is 16.6. The highest BCUT2D eigenvalue weighted by molar-refractivity contribution is 5.88. The van der Waals surface area contributed by atoms with Crippen molar-refractivity contribution < 1.29 is 28.7 Å². The molecule has 0 unspecified atom stereocenters. The van der Waals surface area contributed by atoms with Crippen LogP contribution in [0.1, 0.15) is 129 Å². The van der Waals surface area contributed by atoms with Crippen LogP contribution < -0.4 is 0 Å². The summed E-state index contributed by atoms with van der Waals surface area (Å²) in [7, 11) is 0. The molecule has 0 aromatic rings. The molecule has 2 amide bonds. The van der Waals surface area contributed by atoms with Crippen molar-refractivity contribution in [1.82, 2.24) is 19.6 Å². The first kappa shape index (κ1) is 34.4. The average molecular weight is 691 g/mol. The molecule has 6 heterocycles. The van der Waals surface area contributed by atoms with E-state index >= 15 is 0 Å². The van der Waals surface area contributed by atoms with E-state index in [-0.39, 0.29) is 60.0 Å². The summed E-state index contributed by atoms with van der Waals surface area (Å²) in [5, 5.41) is 0. The minimum absolute atomic E-state index is 0.0938. The zero-order chi connectivity index (χ0) is 34.6. The van der Waals surface area contributed by atoms with Gasteiger partial charge in [0.15, 0.2) is 11.2 Å². The number of fused-ring (bicyclic) bond motifs is 6. The van der Waals surface area contributed by atoms with Gasteiger partial charge >= 0.3 is 11.9 Å². The van der Waals surface area contributed by atoms with Crippen LogP contribution in [-0.4, -0.2) is 117 Å².